The first-order chi connectivity index (χ1) is 16.5. The van der Waals surface area contributed by atoms with E-state index in [4.69, 9.17) is 0 Å². The van der Waals surface area contributed by atoms with Crippen LogP contribution >= 0.6 is 31.9 Å². The van der Waals surface area contributed by atoms with Gasteiger partial charge in [-0.3, -0.25) is 9.59 Å². The van der Waals surface area contributed by atoms with Gasteiger partial charge in [-0.15, -0.1) is 5.11 Å². The van der Waals surface area contributed by atoms with E-state index in [0.717, 1.165) is 8.95 Å². The van der Waals surface area contributed by atoms with Crippen molar-refractivity contribution in [3.8, 4) is 0 Å². The molecule has 0 aliphatic carbocycles. The number of halogens is 2. The van der Waals surface area contributed by atoms with Gasteiger partial charge in [-0.1, -0.05) is 62.2 Å². The van der Waals surface area contributed by atoms with Gasteiger partial charge in [-0.25, -0.2) is 0 Å². The fourth-order valence-electron chi connectivity index (χ4n) is 3.06. The second-order valence-corrected chi connectivity index (χ2v) is 9.03. The molecule has 0 bridgehead atoms. The topological polar surface area (TPSA) is 82.9 Å². The summed E-state index contributed by atoms with van der Waals surface area (Å²) >= 11 is 6.76. The van der Waals surface area contributed by atoms with Crippen molar-refractivity contribution in [3.63, 3.8) is 0 Å². The molecule has 0 saturated heterocycles. The first-order valence-corrected chi connectivity index (χ1v) is 11.8. The summed E-state index contributed by atoms with van der Waals surface area (Å²) < 4.78 is 1.60. The van der Waals surface area contributed by atoms with E-state index in [2.05, 4.69) is 52.7 Å². The lowest BCUT2D eigenvalue weighted by atomic mass is 10.1. The molecule has 4 aromatic rings. The Labute approximate surface area is 213 Å². The van der Waals surface area contributed by atoms with Crippen molar-refractivity contribution in [2.45, 2.75) is 0 Å². The summed E-state index contributed by atoms with van der Waals surface area (Å²) in [7, 11) is 0. The minimum atomic E-state index is -0.312. The summed E-state index contributed by atoms with van der Waals surface area (Å²) in [5.41, 5.74) is 3.03. The van der Waals surface area contributed by atoms with Crippen molar-refractivity contribution in [1.29, 1.82) is 0 Å². The normalized spacial score (nSPS) is 10.8. The summed E-state index contributed by atoms with van der Waals surface area (Å²) in [6, 6.07) is 28.5. The molecule has 4 aromatic carbocycles. The summed E-state index contributed by atoms with van der Waals surface area (Å²) in [5, 5.41) is 14.3. The number of hydrogen-bond donors (Lipinski definition) is 2. The predicted octanol–water partition coefficient (Wildman–Crippen LogP) is 8.13. The molecule has 8 heteroatoms. The number of nitrogens with one attached hydrogen (secondary N) is 2. The monoisotopic (exact) mass is 576 g/mol. The van der Waals surface area contributed by atoms with Gasteiger partial charge in [0, 0.05) is 25.8 Å². The van der Waals surface area contributed by atoms with E-state index in [1.54, 1.807) is 54.6 Å². The van der Waals surface area contributed by atoms with Gasteiger partial charge in [0.25, 0.3) is 11.8 Å². The zero-order valence-corrected chi connectivity index (χ0v) is 20.9. The number of carbonyl (C=O) groups excluding carboxylic acids is 2. The molecule has 0 atom stereocenters. The van der Waals surface area contributed by atoms with Crippen LogP contribution in [-0.2, 0) is 0 Å². The number of rotatable bonds is 6. The highest BCUT2D eigenvalue weighted by atomic mass is 79.9. The number of nitrogens with zero attached hydrogens (tertiary/aromatic N) is 2. The van der Waals surface area contributed by atoms with Crippen LogP contribution in [0, 0.1) is 0 Å². The van der Waals surface area contributed by atoms with Crippen LogP contribution in [0.5, 0.6) is 0 Å². The van der Waals surface area contributed by atoms with Gasteiger partial charge in [0.05, 0.1) is 11.4 Å². The van der Waals surface area contributed by atoms with E-state index >= 15 is 0 Å². The third kappa shape index (κ3) is 6.24. The van der Waals surface area contributed by atoms with E-state index in [1.165, 1.54) is 0 Å². The maximum Gasteiger partial charge on any atom is 0.255 e. The lowest BCUT2D eigenvalue weighted by molar-refractivity contribution is 0.101. The van der Waals surface area contributed by atoms with Crippen molar-refractivity contribution >= 4 is 66.4 Å². The van der Waals surface area contributed by atoms with E-state index in [9.17, 15) is 9.59 Å². The number of hydrogen-bond acceptors (Lipinski definition) is 4. The lowest BCUT2D eigenvalue weighted by Crippen LogP contribution is -2.14. The summed E-state index contributed by atoms with van der Waals surface area (Å²) in [6.07, 6.45) is 0. The predicted molar refractivity (Wildman–Crippen MR) is 141 cm³/mol. The molecule has 0 radical (unpaired) electrons. The zero-order chi connectivity index (χ0) is 23.9. The number of benzene rings is 4. The van der Waals surface area contributed by atoms with E-state index in [-0.39, 0.29) is 11.8 Å². The SMILES string of the molecule is O=C(Nc1ccc(N=Nc2ccccc2)c(NC(=O)c2cccc(Br)c2)c1)c1cccc(Br)c1. The van der Waals surface area contributed by atoms with Gasteiger partial charge >= 0.3 is 0 Å². The fraction of sp³-hybridized carbons (Fsp3) is 0. The molecule has 0 unspecified atom stereocenters. The van der Waals surface area contributed by atoms with Crippen LogP contribution < -0.4 is 10.6 Å². The first-order valence-electron chi connectivity index (χ1n) is 10.2. The van der Waals surface area contributed by atoms with Crippen LogP contribution in [0.15, 0.2) is 116 Å². The average Bonchev–Trinajstić information content (AvgIpc) is 2.84. The Morgan fingerprint density at radius 2 is 1.24 bits per heavy atom. The first kappa shape index (κ1) is 23.5. The lowest BCUT2D eigenvalue weighted by Gasteiger charge is -2.12. The van der Waals surface area contributed by atoms with Gasteiger partial charge < -0.3 is 10.6 Å². The van der Waals surface area contributed by atoms with E-state index in [1.807, 2.05) is 42.5 Å². The molecular formula is C26H18Br2N4O2. The molecule has 0 spiro atoms. The number of carbonyl (C=O) groups is 2. The number of anilines is 2. The van der Waals surface area contributed by atoms with Crippen molar-refractivity contribution in [3.05, 3.63) is 117 Å². The third-order valence-electron chi connectivity index (χ3n) is 4.71. The molecule has 168 valence electrons. The zero-order valence-electron chi connectivity index (χ0n) is 17.7. The molecule has 2 amide bonds. The average molecular weight is 578 g/mol. The number of amides is 2. The molecule has 0 saturated carbocycles. The minimum absolute atomic E-state index is 0.274. The smallest absolute Gasteiger partial charge is 0.255 e. The second-order valence-electron chi connectivity index (χ2n) is 7.20. The molecule has 34 heavy (non-hydrogen) atoms. The summed E-state index contributed by atoms with van der Waals surface area (Å²) in [6.45, 7) is 0. The molecule has 0 aromatic heterocycles. The van der Waals surface area contributed by atoms with Crippen LogP contribution in [0.4, 0.5) is 22.7 Å². The van der Waals surface area contributed by atoms with Crippen molar-refractivity contribution in [1.82, 2.24) is 0 Å². The maximum absolute atomic E-state index is 12.9. The van der Waals surface area contributed by atoms with Crippen molar-refractivity contribution < 1.29 is 9.59 Å². The Morgan fingerprint density at radius 1 is 0.618 bits per heavy atom. The van der Waals surface area contributed by atoms with Gasteiger partial charge in [-0.2, -0.15) is 5.11 Å². The van der Waals surface area contributed by atoms with Crippen molar-refractivity contribution in [2.24, 2.45) is 10.2 Å². The Balaban J connectivity index is 1.63. The van der Waals surface area contributed by atoms with Crippen LogP contribution in [0.2, 0.25) is 0 Å². The van der Waals surface area contributed by atoms with E-state index in [0.29, 0.717) is 33.9 Å². The summed E-state index contributed by atoms with van der Waals surface area (Å²) in [4.78, 5) is 25.6. The molecule has 6 nitrogen and oxygen atoms in total. The fourth-order valence-corrected chi connectivity index (χ4v) is 3.86. The van der Waals surface area contributed by atoms with E-state index < -0.39 is 0 Å². The largest absolute Gasteiger partial charge is 0.322 e. The number of azo groups is 1. The molecule has 0 aliphatic rings. The Kier molecular flexibility index (Phi) is 7.61. The third-order valence-corrected chi connectivity index (χ3v) is 5.69. The molecular weight excluding hydrogens is 560 g/mol. The van der Waals surface area contributed by atoms with Gasteiger partial charge in [0.15, 0.2) is 0 Å². The van der Waals surface area contributed by atoms with Gasteiger partial charge in [-0.05, 0) is 66.7 Å². The van der Waals surface area contributed by atoms with Crippen LogP contribution in [0.3, 0.4) is 0 Å². The standard InChI is InChI=1S/C26H18Br2N4O2/c27-19-8-4-6-17(14-19)25(33)29-22-12-13-23(32-31-21-10-2-1-3-11-21)24(16-22)30-26(34)18-7-5-9-20(28)15-18/h1-16H,(H,29,33)(H,30,34). The Hall–Kier alpha value is -3.62. The highest BCUT2D eigenvalue weighted by molar-refractivity contribution is 9.10. The molecule has 4 rings (SSSR count). The van der Waals surface area contributed by atoms with Crippen LogP contribution in [0.25, 0.3) is 0 Å². The molecule has 0 fully saturated rings. The van der Waals surface area contributed by atoms with Crippen LogP contribution in [-0.4, -0.2) is 11.8 Å². The van der Waals surface area contributed by atoms with Gasteiger partial charge in [0.1, 0.15) is 5.69 Å². The minimum Gasteiger partial charge on any atom is -0.322 e. The molecule has 0 aliphatic heterocycles. The highest BCUT2D eigenvalue weighted by Gasteiger charge is 2.13. The Bertz CT molecular complexity index is 1370. The second kappa shape index (κ2) is 11.0. The maximum atomic E-state index is 12.9. The van der Waals surface area contributed by atoms with Crippen LogP contribution in [0.1, 0.15) is 20.7 Å². The van der Waals surface area contributed by atoms with Crippen molar-refractivity contribution in [2.75, 3.05) is 10.6 Å². The Morgan fingerprint density at radius 3 is 1.85 bits per heavy atom. The summed E-state index contributed by atoms with van der Waals surface area (Å²) in [5.74, 6) is -0.586. The molecule has 2 N–H and O–H groups in total. The quantitative estimate of drug-likeness (QED) is 0.227. The highest BCUT2D eigenvalue weighted by Crippen LogP contribution is 2.31. The molecule has 0 heterocycles. The van der Waals surface area contributed by atoms with Gasteiger partial charge in [0.2, 0.25) is 0 Å².